The minimum Gasteiger partial charge on any atom is -0.390 e. The van der Waals surface area contributed by atoms with Gasteiger partial charge < -0.3 is 10.4 Å². The number of sulfonamides is 1. The molecule has 4 rings (SSSR count). The third-order valence-corrected chi connectivity index (χ3v) is 7.52. The average Bonchev–Trinajstić information content (AvgIpc) is 3.28. The van der Waals surface area contributed by atoms with Gasteiger partial charge in [0.25, 0.3) is 0 Å². The summed E-state index contributed by atoms with van der Waals surface area (Å²) in [6.07, 6.45) is 3.68. The summed E-state index contributed by atoms with van der Waals surface area (Å²) in [5.74, 6) is 0.563. The molecule has 7 nitrogen and oxygen atoms in total. The monoisotopic (exact) mass is 416 g/mol. The second-order valence-electron chi connectivity index (χ2n) is 7.78. The second kappa shape index (κ2) is 8.79. The predicted molar refractivity (Wildman–Crippen MR) is 112 cm³/mol. The van der Waals surface area contributed by atoms with E-state index in [2.05, 4.69) is 39.5 Å². The highest BCUT2D eigenvalue weighted by Crippen LogP contribution is 2.21. The minimum absolute atomic E-state index is 0.220. The van der Waals surface area contributed by atoms with E-state index in [1.165, 1.54) is 21.6 Å². The lowest BCUT2D eigenvalue weighted by Gasteiger charge is -2.30. The van der Waals surface area contributed by atoms with Crippen LogP contribution in [-0.2, 0) is 23.0 Å². The maximum absolute atomic E-state index is 12.5. The van der Waals surface area contributed by atoms with Crippen LogP contribution in [0.1, 0.15) is 24.0 Å². The second-order valence-corrected chi connectivity index (χ2v) is 9.72. The van der Waals surface area contributed by atoms with Crippen molar-refractivity contribution in [3.8, 4) is 0 Å². The molecule has 0 saturated carbocycles. The summed E-state index contributed by atoms with van der Waals surface area (Å²) < 4.78 is 26.6. The molecule has 1 saturated heterocycles. The van der Waals surface area contributed by atoms with E-state index in [1.54, 1.807) is 12.1 Å². The molecule has 1 unspecified atom stereocenters. The molecule has 2 aliphatic heterocycles. The first kappa shape index (κ1) is 20.3. The normalized spacial score (nSPS) is 19.1. The lowest BCUT2D eigenvalue weighted by atomic mass is 10.00. The summed E-state index contributed by atoms with van der Waals surface area (Å²) in [4.78, 5) is 6.70. The number of aliphatic hydroxyl groups excluding tert-OH is 1. The molecule has 1 fully saturated rings. The highest BCUT2D eigenvalue weighted by atomic mass is 32.2. The molecule has 0 aliphatic carbocycles. The fourth-order valence-corrected chi connectivity index (χ4v) is 5.47. The van der Waals surface area contributed by atoms with E-state index in [1.807, 2.05) is 0 Å². The maximum atomic E-state index is 12.5. The number of aromatic nitrogens is 1. The Morgan fingerprint density at radius 3 is 2.55 bits per heavy atom. The summed E-state index contributed by atoms with van der Waals surface area (Å²) in [6, 6.07) is 11.7. The number of nitrogens with one attached hydrogen (secondary N) is 1. The Morgan fingerprint density at radius 2 is 1.83 bits per heavy atom. The van der Waals surface area contributed by atoms with Gasteiger partial charge in [-0.25, -0.2) is 13.4 Å². The van der Waals surface area contributed by atoms with Crippen molar-refractivity contribution in [3.05, 3.63) is 53.7 Å². The first-order valence-corrected chi connectivity index (χ1v) is 11.6. The Bertz CT molecular complexity index is 927. The summed E-state index contributed by atoms with van der Waals surface area (Å²) >= 11 is 0. The fraction of sp³-hybridized carbons (Fsp3) is 0.476. The van der Waals surface area contributed by atoms with Gasteiger partial charge in [-0.2, -0.15) is 4.31 Å². The standard InChI is InChI=1S/C21H28N4O3S/c26-19(16-24-12-9-17-5-1-2-6-18(17)15-24)13-22-21-8-7-20(14-23-21)29(27,28)25-10-3-4-11-25/h1-2,5-8,14,19,26H,3-4,9-13,15-16H2,(H,22,23). The molecule has 2 N–H and O–H groups in total. The number of fused-ring (bicyclic) bond motifs is 1. The molecule has 1 aromatic heterocycles. The average molecular weight is 417 g/mol. The van der Waals surface area contributed by atoms with Gasteiger partial charge >= 0.3 is 0 Å². The maximum Gasteiger partial charge on any atom is 0.244 e. The number of hydrogen-bond donors (Lipinski definition) is 2. The zero-order valence-electron chi connectivity index (χ0n) is 16.5. The Hall–Kier alpha value is -2.00. The summed E-state index contributed by atoms with van der Waals surface area (Å²) in [5.41, 5.74) is 2.72. The van der Waals surface area contributed by atoms with Gasteiger partial charge in [-0.15, -0.1) is 0 Å². The van der Waals surface area contributed by atoms with E-state index >= 15 is 0 Å². The largest absolute Gasteiger partial charge is 0.390 e. The molecular weight excluding hydrogens is 388 g/mol. The number of nitrogens with zero attached hydrogens (tertiary/aromatic N) is 3. The van der Waals surface area contributed by atoms with Crippen LogP contribution >= 0.6 is 0 Å². The molecule has 2 aromatic rings. The molecule has 8 heteroatoms. The minimum atomic E-state index is -3.44. The number of hydrogen-bond acceptors (Lipinski definition) is 6. The molecule has 2 aliphatic rings. The fourth-order valence-electron chi connectivity index (χ4n) is 4.01. The van der Waals surface area contributed by atoms with E-state index in [0.29, 0.717) is 32.0 Å². The molecule has 0 radical (unpaired) electrons. The Labute approximate surface area is 172 Å². The highest BCUT2D eigenvalue weighted by Gasteiger charge is 2.27. The van der Waals surface area contributed by atoms with E-state index in [9.17, 15) is 13.5 Å². The van der Waals surface area contributed by atoms with Gasteiger partial charge in [0, 0.05) is 45.5 Å². The van der Waals surface area contributed by atoms with Crippen molar-refractivity contribution in [2.75, 3.05) is 38.0 Å². The SMILES string of the molecule is O=S(=O)(c1ccc(NCC(O)CN2CCc3ccccc3C2)nc1)N1CCCC1. The summed E-state index contributed by atoms with van der Waals surface area (Å²) in [5, 5.41) is 13.5. The smallest absolute Gasteiger partial charge is 0.244 e. The molecule has 0 amide bonds. The van der Waals surface area contributed by atoms with Gasteiger partial charge in [-0.1, -0.05) is 24.3 Å². The van der Waals surface area contributed by atoms with Crippen molar-refractivity contribution in [2.24, 2.45) is 0 Å². The zero-order valence-corrected chi connectivity index (χ0v) is 17.3. The first-order chi connectivity index (χ1) is 14.0. The van der Waals surface area contributed by atoms with Crippen molar-refractivity contribution >= 4 is 15.8 Å². The summed E-state index contributed by atoms with van der Waals surface area (Å²) in [6.45, 7) is 3.90. The number of pyridine rings is 1. The lowest BCUT2D eigenvalue weighted by molar-refractivity contribution is 0.114. The van der Waals surface area contributed by atoms with E-state index < -0.39 is 16.1 Å². The van der Waals surface area contributed by atoms with E-state index in [0.717, 1.165) is 32.4 Å². The number of anilines is 1. The van der Waals surface area contributed by atoms with E-state index in [4.69, 9.17) is 0 Å². The third-order valence-electron chi connectivity index (χ3n) is 5.64. The predicted octanol–water partition coefficient (Wildman–Crippen LogP) is 1.70. The molecule has 1 aromatic carbocycles. The number of aliphatic hydroxyl groups is 1. The molecule has 29 heavy (non-hydrogen) atoms. The third kappa shape index (κ3) is 4.78. The van der Waals surface area contributed by atoms with Gasteiger partial charge in [0.15, 0.2) is 0 Å². The van der Waals surface area contributed by atoms with E-state index in [-0.39, 0.29) is 4.90 Å². The zero-order chi connectivity index (χ0) is 20.3. The first-order valence-electron chi connectivity index (χ1n) is 10.2. The van der Waals surface area contributed by atoms with Gasteiger partial charge in [-0.05, 0) is 42.5 Å². The van der Waals surface area contributed by atoms with Crippen LogP contribution in [0.3, 0.4) is 0 Å². The molecule has 0 bridgehead atoms. The molecule has 1 atom stereocenters. The molecular formula is C21H28N4O3S. The van der Waals surface area contributed by atoms with Crippen LogP contribution in [-0.4, -0.2) is 66.5 Å². The lowest BCUT2D eigenvalue weighted by Crippen LogP contribution is -2.39. The van der Waals surface area contributed by atoms with Crippen LogP contribution in [0.4, 0.5) is 5.82 Å². The van der Waals surface area contributed by atoms with Crippen LogP contribution in [0.15, 0.2) is 47.5 Å². The van der Waals surface area contributed by atoms with Crippen LogP contribution in [0.25, 0.3) is 0 Å². The quantitative estimate of drug-likeness (QED) is 0.715. The Morgan fingerprint density at radius 1 is 1.07 bits per heavy atom. The van der Waals surface area contributed by atoms with Crippen LogP contribution in [0.5, 0.6) is 0 Å². The Kier molecular flexibility index (Phi) is 6.15. The van der Waals surface area contributed by atoms with Gasteiger partial charge in [0.05, 0.1) is 6.10 Å². The van der Waals surface area contributed by atoms with Crippen molar-refractivity contribution in [1.82, 2.24) is 14.2 Å². The summed E-state index contributed by atoms with van der Waals surface area (Å²) in [7, 11) is -3.44. The number of β-amino-alcohol motifs (C(OH)–C–C–N with tert-alkyl or cyclic N) is 1. The van der Waals surface area contributed by atoms with Gasteiger partial charge in [-0.3, -0.25) is 4.90 Å². The molecule has 156 valence electrons. The Balaban J connectivity index is 1.28. The van der Waals surface area contributed by atoms with Crippen LogP contribution in [0, 0.1) is 0 Å². The van der Waals surface area contributed by atoms with Gasteiger partial charge in [0.2, 0.25) is 10.0 Å². The van der Waals surface area contributed by atoms with Crippen molar-refractivity contribution in [3.63, 3.8) is 0 Å². The van der Waals surface area contributed by atoms with Crippen molar-refractivity contribution in [1.29, 1.82) is 0 Å². The van der Waals surface area contributed by atoms with Crippen LogP contribution in [0.2, 0.25) is 0 Å². The molecule has 0 spiro atoms. The number of benzene rings is 1. The van der Waals surface area contributed by atoms with Gasteiger partial charge in [0.1, 0.15) is 10.7 Å². The number of rotatable bonds is 7. The van der Waals surface area contributed by atoms with Crippen LogP contribution < -0.4 is 5.32 Å². The highest BCUT2D eigenvalue weighted by molar-refractivity contribution is 7.89. The van der Waals surface area contributed by atoms with Crippen molar-refractivity contribution < 1.29 is 13.5 Å². The molecule has 3 heterocycles. The van der Waals surface area contributed by atoms with Crippen molar-refractivity contribution in [2.45, 2.75) is 36.8 Å². The topological polar surface area (TPSA) is 85.8 Å².